The highest BCUT2D eigenvalue weighted by Gasteiger charge is 2.25. The van der Waals surface area contributed by atoms with Gasteiger partial charge in [-0.15, -0.1) is 0 Å². The number of hydrogen-bond acceptors (Lipinski definition) is 5. The van der Waals surface area contributed by atoms with Crippen molar-refractivity contribution in [3.8, 4) is 0 Å². The second-order valence-electron chi connectivity index (χ2n) is 3.77. The van der Waals surface area contributed by atoms with Crippen molar-refractivity contribution in [2.24, 2.45) is 0 Å². The second kappa shape index (κ2) is 7.27. The van der Waals surface area contributed by atoms with Gasteiger partial charge in [0.2, 0.25) is 10.0 Å². The molecular formula is C11H18N2O5S. The van der Waals surface area contributed by atoms with Gasteiger partial charge in [-0.2, -0.15) is 4.31 Å². The standard InChI is InChI=1S/C11H18N2O5S/c1-17-8-7-13(6-4-11(14)18-2)19(15,16)10-3-5-12-9-10/h3,5,9,12H,4,6-8H2,1-2H3. The quantitative estimate of drug-likeness (QED) is 0.692. The van der Waals surface area contributed by atoms with E-state index in [1.54, 1.807) is 0 Å². The number of rotatable bonds is 8. The fourth-order valence-electron chi connectivity index (χ4n) is 1.48. The number of carbonyl (C=O) groups is 1. The summed E-state index contributed by atoms with van der Waals surface area (Å²) in [6.07, 6.45) is 2.93. The molecule has 0 aliphatic carbocycles. The summed E-state index contributed by atoms with van der Waals surface area (Å²) in [5.74, 6) is -0.452. The van der Waals surface area contributed by atoms with E-state index in [0.717, 1.165) is 0 Å². The molecule has 0 atom stereocenters. The monoisotopic (exact) mass is 290 g/mol. The summed E-state index contributed by atoms with van der Waals surface area (Å²) in [7, 11) is -0.866. The van der Waals surface area contributed by atoms with Gasteiger partial charge in [0.05, 0.1) is 25.0 Å². The van der Waals surface area contributed by atoms with Crippen molar-refractivity contribution < 1.29 is 22.7 Å². The molecule has 0 bridgehead atoms. The molecule has 0 saturated carbocycles. The Bertz CT molecular complexity index is 483. The van der Waals surface area contributed by atoms with Crippen LogP contribution in [-0.4, -0.2) is 57.6 Å². The first-order valence-corrected chi connectivity index (χ1v) is 7.15. The van der Waals surface area contributed by atoms with Crippen LogP contribution in [0, 0.1) is 0 Å². The first-order valence-electron chi connectivity index (χ1n) is 5.71. The van der Waals surface area contributed by atoms with Crippen LogP contribution in [0.1, 0.15) is 6.42 Å². The predicted molar refractivity (Wildman–Crippen MR) is 68.1 cm³/mol. The van der Waals surface area contributed by atoms with Crippen LogP contribution in [-0.2, 0) is 24.3 Å². The molecule has 1 aromatic rings. The molecule has 1 rings (SSSR count). The van der Waals surface area contributed by atoms with Crippen LogP contribution in [0.4, 0.5) is 0 Å². The van der Waals surface area contributed by atoms with Gasteiger partial charge in [-0.25, -0.2) is 8.42 Å². The molecule has 0 fully saturated rings. The number of H-pyrrole nitrogens is 1. The second-order valence-corrected chi connectivity index (χ2v) is 5.71. The lowest BCUT2D eigenvalue weighted by molar-refractivity contribution is -0.140. The summed E-state index contributed by atoms with van der Waals surface area (Å²) in [5, 5.41) is 0. The molecule has 0 spiro atoms. The third kappa shape index (κ3) is 4.34. The Morgan fingerprint density at radius 2 is 2.11 bits per heavy atom. The molecule has 0 unspecified atom stereocenters. The molecule has 0 amide bonds. The van der Waals surface area contributed by atoms with E-state index in [0.29, 0.717) is 0 Å². The summed E-state index contributed by atoms with van der Waals surface area (Å²) >= 11 is 0. The highest BCUT2D eigenvalue weighted by Crippen LogP contribution is 2.15. The van der Waals surface area contributed by atoms with Gasteiger partial charge >= 0.3 is 5.97 Å². The van der Waals surface area contributed by atoms with Crippen molar-refractivity contribution >= 4 is 16.0 Å². The molecule has 108 valence electrons. The SMILES string of the molecule is COCCN(CCC(=O)OC)S(=O)(=O)c1cc[nH]c1. The van der Waals surface area contributed by atoms with Crippen LogP contribution in [0.3, 0.4) is 0 Å². The number of methoxy groups -OCH3 is 2. The minimum absolute atomic E-state index is 0.00384. The number of aromatic nitrogens is 1. The average molecular weight is 290 g/mol. The van der Waals surface area contributed by atoms with Gasteiger partial charge in [0.1, 0.15) is 0 Å². The van der Waals surface area contributed by atoms with Crippen molar-refractivity contribution in [3.63, 3.8) is 0 Å². The highest BCUT2D eigenvalue weighted by atomic mass is 32.2. The van der Waals surface area contributed by atoms with Gasteiger partial charge in [-0.1, -0.05) is 0 Å². The Morgan fingerprint density at radius 3 is 2.63 bits per heavy atom. The van der Waals surface area contributed by atoms with Crippen LogP contribution in [0.15, 0.2) is 23.4 Å². The maximum Gasteiger partial charge on any atom is 0.306 e. The van der Waals surface area contributed by atoms with E-state index >= 15 is 0 Å². The molecule has 1 aromatic heterocycles. The zero-order valence-electron chi connectivity index (χ0n) is 11.0. The molecule has 8 heteroatoms. The molecule has 0 radical (unpaired) electrons. The first kappa shape index (κ1) is 15.7. The summed E-state index contributed by atoms with van der Waals surface area (Å²) < 4.78 is 35.2. The van der Waals surface area contributed by atoms with Gasteiger partial charge in [-0.3, -0.25) is 4.79 Å². The largest absolute Gasteiger partial charge is 0.469 e. The first-order chi connectivity index (χ1) is 9.02. The minimum atomic E-state index is -3.62. The average Bonchev–Trinajstić information content (AvgIpc) is 2.92. The van der Waals surface area contributed by atoms with Crippen molar-refractivity contribution in [2.75, 3.05) is 33.9 Å². The van der Waals surface area contributed by atoms with Gasteiger partial charge in [-0.05, 0) is 6.07 Å². The number of sulfonamides is 1. The highest BCUT2D eigenvalue weighted by molar-refractivity contribution is 7.89. The summed E-state index contributed by atoms with van der Waals surface area (Å²) in [4.78, 5) is 14.0. The Labute approximate surface area is 112 Å². The van der Waals surface area contributed by atoms with E-state index in [1.807, 2.05) is 0 Å². The van der Waals surface area contributed by atoms with E-state index in [4.69, 9.17) is 4.74 Å². The van der Waals surface area contributed by atoms with Gasteiger partial charge in [0.15, 0.2) is 0 Å². The smallest absolute Gasteiger partial charge is 0.306 e. The van der Waals surface area contributed by atoms with E-state index in [-0.39, 0.29) is 31.0 Å². The number of aromatic amines is 1. The fourth-order valence-corrected chi connectivity index (χ4v) is 2.88. The number of esters is 1. The van der Waals surface area contributed by atoms with Gasteiger partial charge in [0.25, 0.3) is 0 Å². The van der Waals surface area contributed by atoms with E-state index < -0.39 is 16.0 Å². The van der Waals surface area contributed by atoms with Crippen LogP contribution in [0.25, 0.3) is 0 Å². The fraction of sp³-hybridized carbons (Fsp3) is 0.545. The third-order valence-electron chi connectivity index (χ3n) is 2.55. The van der Waals surface area contributed by atoms with Crippen LogP contribution in [0.2, 0.25) is 0 Å². The lowest BCUT2D eigenvalue weighted by Gasteiger charge is -2.20. The Kier molecular flexibility index (Phi) is 6.00. The van der Waals surface area contributed by atoms with Crippen molar-refractivity contribution in [3.05, 3.63) is 18.5 Å². The molecule has 0 aromatic carbocycles. The minimum Gasteiger partial charge on any atom is -0.469 e. The van der Waals surface area contributed by atoms with E-state index in [2.05, 4.69) is 9.72 Å². The molecule has 1 heterocycles. The third-order valence-corrected chi connectivity index (χ3v) is 4.44. The lowest BCUT2D eigenvalue weighted by atomic mass is 10.4. The normalized spacial score (nSPS) is 11.7. The van der Waals surface area contributed by atoms with Gasteiger partial charge in [0, 0.05) is 32.6 Å². The zero-order valence-corrected chi connectivity index (χ0v) is 11.8. The molecule has 1 N–H and O–H groups in total. The van der Waals surface area contributed by atoms with E-state index in [1.165, 1.54) is 37.0 Å². The predicted octanol–water partition coefficient (Wildman–Crippen LogP) is 0.215. The molecule has 0 saturated heterocycles. The molecule has 0 aliphatic heterocycles. The molecule has 19 heavy (non-hydrogen) atoms. The Hall–Kier alpha value is -1.38. The molecule has 7 nitrogen and oxygen atoms in total. The maximum atomic E-state index is 12.3. The number of ether oxygens (including phenoxy) is 2. The maximum absolute atomic E-state index is 12.3. The van der Waals surface area contributed by atoms with Crippen LogP contribution < -0.4 is 0 Å². The Balaban J connectivity index is 2.81. The van der Waals surface area contributed by atoms with Crippen molar-refractivity contribution in [1.29, 1.82) is 0 Å². The number of carbonyl (C=O) groups excluding carboxylic acids is 1. The summed E-state index contributed by atoms with van der Waals surface area (Å²) in [5.41, 5.74) is 0. The van der Waals surface area contributed by atoms with Crippen molar-refractivity contribution in [2.45, 2.75) is 11.3 Å². The number of hydrogen-bond donors (Lipinski definition) is 1. The zero-order chi connectivity index (χ0) is 14.3. The molecular weight excluding hydrogens is 272 g/mol. The molecule has 0 aliphatic rings. The van der Waals surface area contributed by atoms with Gasteiger partial charge < -0.3 is 14.5 Å². The Morgan fingerprint density at radius 1 is 1.37 bits per heavy atom. The van der Waals surface area contributed by atoms with Crippen LogP contribution >= 0.6 is 0 Å². The van der Waals surface area contributed by atoms with E-state index in [9.17, 15) is 13.2 Å². The number of nitrogens with one attached hydrogen (secondary N) is 1. The van der Waals surface area contributed by atoms with Crippen LogP contribution in [0.5, 0.6) is 0 Å². The van der Waals surface area contributed by atoms with Crippen molar-refractivity contribution in [1.82, 2.24) is 9.29 Å². The summed E-state index contributed by atoms with van der Waals surface area (Å²) in [6.45, 7) is 0.495. The lowest BCUT2D eigenvalue weighted by Crippen LogP contribution is -2.35. The summed E-state index contributed by atoms with van der Waals surface area (Å²) in [6, 6.07) is 1.47. The topological polar surface area (TPSA) is 88.7 Å². The number of nitrogens with zero attached hydrogens (tertiary/aromatic N) is 1.